The molecule has 6 nitrogen and oxygen atoms in total. The summed E-state index contributed by atoms with van der Waals surface area (Å²) in [6, 6.07) is 10.0. The van der Waals surface area contributed by atoms with Crippen LogP contribution >= 0.6 is 0 Å². The molecule has 162 valence electrons. The lowest BCUT2D eigenvalue weighted by Gasteiger charge is -2.29. The molecule has 3 rings (SSSR count). The second-order valence-corrected chi connectivity index (χ2v) is 8.31. The van der Waals surface area contributed by atoms with Crippen LogP contribution in [0.3, 0.4) is 0 Å². The summed E-state index contributed by atoms with van der Waals surface area (Å²) in [4.78, 5) is 9.68. The monoisotopic (exact) mass is 402 g/mol. The van der Waals surface area contributed by atoms with Crippen molar-refractivity contribution in [3.8, 4) is 0 Å². The lowest BCUT2D eigenvalue weighted by molar-refractivity contribution is 0.0330. The molecule has 2 N–H and O–H groups in total. The van der Waals surface area contributed by atoms with E-state index in [9.17, 15) is 5.11 Å². The van der Waals surface area contributed by atoms with Crippen LogP contribution in [0.15, 0.2) is 35.3 Å². The van der Waals surface area contributed by atoms with Crippen molar-refractivity contribution in [3.63, 3.8) is 0 Å². The van der Waals surface area contributed by atoms with E-state index in [0.717, 1.165) is 37.1 Å². The molecule has 0 saturated carbocycles. The Morgan fingerprint density at radius 2 is 2.00 bits per heavy atom. The van der Waals surface area contributed by atoms with E-state index in [2.05, 4.69) is 22.0 Å². The zero-order valence-corrected chi connectivity index (χ0v) is 17.9. The molecule has 2 heterocycles. The molecule has 0 aliphatic carbocycles. The molecule has 0 bridgehead atoms. The highest BCUT2D eigenvalue weighted by atomic mass is 16.5. The number of hydrogen-bond acceptors (Lipinski definition) is 4. The van der Waals surface area contributed by atoms with Gasteiger partial charge in [-0.3, -0.25) is 4.99 Å². The summed E-state index contributed by atoms with van der Waals surface area (Å²) in [5, 5.41) is 13.7. The van der Waals surface area contributed by atoms with Crippen LogP contribution in [0.4, 0.5) is 0 Å². The van der Waals surface area contributed by atoms with Crippen molar-refractivity contribution in [2.75, 3.05) is 52.4 Å². The van der Waals surface area contributed by atoms with Crippen LogP contribution in [-0.4, -0.2) is 79.4 Å². The zero-order valence-electron chi connectivity index (χ0n) is 17.9. The summed E-state index contributed by atoms with van der Waals surface area (Å²) < 4.78 is 5.64. The largest absolute Gasteiger partial charge is 0.389 e. The number of likely N-dealkylation sites (tertiary alicyclic amines) is 2. The molecule has 0 radical (unpaired) electrons. The third-order valence-electron chi connectivity index (χ3n) is 5.76. The van der Waals surface area contributed by atoms with Gasteiger partial charge in [-0.25, -0.2) is 0 Å². The minimum Gasteiger partial charge on any atom is -0.389 e. The van der Waals surface area contributed by atoms with E-state index in [-0.39, 0.29) is 0 Å². The first kappa shape index (κ1) is 22.1. The van der Waals surface area contributed by atoms with Gasteiger partial charge in [0.15, 0.2) is 5.96 Å². The number of ether oxygens (including phenoxy) is 1. The molecular weight excluding hydrogens is 364 g/mol. The number of nitrogens with one attached hydrogen (secondary N) is 1. The van der Waals surface area contributed by atoms with E-state index in [0.29, 0.717) is 19.8 Å². The predicted molar refractivity (Wildman–Crippen MR) is 118 cm³/mol. The van der Waals surface area contributed by atoms with Crippen molar-refractivity contribution in [3.05, 3.63) is 35.9 Å². The van der Waals surface area contributed by atoms with Crippen molar-refractivity contribution in [2.24, 2.45) is 10.9 Å². The third-order valence-corrected chi connectivity index (χ3v) is 5.76. The van der Waals surface area contributed by atoms with Crippen molar-refractivity contribution in [1.29, 1.82) is 0 Å². The highest BCUT2D eigenvalue weighted by molar-refractivity contribution is 5.80. The molecule has 0 aromatic heterocycles. The fourth-order valence-corrected chi connectivity index (χ4v) is 4.24. The van der Waals surface area contributed by atoms with Gasteiger partial charge in [0, 0.05) is 26.2 Å². The summed E-state index contributed by atoms with van der Waals surface area (Å²) in [5.74, 6) is 1.65. The van der Waals surface area contributed by atoms with Crippen LogP contribution in [0.1, 0.15) is 38.2 Å². The molecular formula is C23H38N4O2. The van der Waals surface area contributed by atoms with E-state index < -0.39 is 6.10 Å². The average molecular weight is 403 g/mol. The molecule has 2 unspecified atom stereocenters. The lowest BCUT2D eigenvalue weighted by atomic mass is 10.1. The van der Waals surface area contributed by atoms with Gasteiger partial charge in [0.05, 0.1) is 25.9 Å². The number of rotatable bonds is 9. The molecule has 2 atom stereocenters. The first-order chi connectivity index (χ1) is 14.2. The Hall–Kier alpha value is -1.63. The van der Waals surface area contributed by atoms with Crippen molar-refractivity contribution in [1.82, 2.24) is 15.1 Å². The van der Waals surface area contributed by atoms with Crippen LogP contribution in [0.5, 0.6) is 0 Å². The van der Waals surface area contributed by atoms with E-state index >= 15 is 0 Å². The second kappa shape index (κ2) is 12.2. The number of hydrogen-bond donors (Lipinski definition) is 2. The number of aliphatic hydroxyl groups excluding tert-OH is 1. The maximum atomic E-state index is 10.3. The normalized spacial score (nSPS) is 22.1. The third kappa shape index (κ3) is 7.61. The zero-order chi connectivity index (χ0) is 20.3. The summed E-state index contributed by atoms with van der Waals surface area (Å²) >= 11 is 0. The van der Waals surface area contributed by atoms with Gasteiger partial charge >= 0.3 is 0 Å². The average Bonchev–Trinajstić information content (AvgIpc) is 3.21. The summed E-state index contributed by atoms with van der Waals surface area (Å²) in [6.07, 6.45) is 4.74. The van der Waals surface area contributed by atoms with Gasteiger partial charge in [-0.15, -0.1) is 0 Å². The SMILES string of the molecule is CCNC(=NCC(O)COCc1ccccc1)N1CCC(CN2CCCCC2)C1. The van der Waals surface area contributed by atoms with Crippen molar-refractivity contribution in [2.45, 2.75) is 45.3 Å². The van der Waals surface area contributed by atoms with Crippen molar-refractivity contribution >= 4 is 5.96 Å². The van der Waals surface area contributed by atoms with Crippen LogP contribution in [0.25, 0.3) is 0 Å². The number of benzene rings is 1. The van der Waals surface area contributed by atoms with Gasteiger partial charge in [-0.1, -0.05) is 36.8 Å². The minimum atomic E-state index is -0.584. The second-order valence-electron chi connectivity index (χ2n) is 8.31. The van der Waals surface area contributed by atoms with Crippen LogP contribution in [-0.2, 0) is 11.3 Å². The first-order valence-corrected chi connectivity index (χ1v) is 11.3. The number of aliphatic hydroxyl groups is 1. The Balaban J connectivity index is 1.41. The van der Waals surface area contributed by atoms with Crippen LogP contribution in [0, 0.1) is 5.92 Å². The quantitative estimate of drug-likeness (QED) is 0.490. The van der Waals surface area contributed by atoms with E-state index in [1.807, 2.05) is 30.3 Å². The molecule has 29 heavy (non-hydrogen) atoms. The van der Waals surface area contributed by atoms with Gasteiger partial charge < -0.3 is 25.0 Å². The Kier molecular flexibility index (Phi) is 9.25. The number of aliphatic imine (C=N–C) groups is 1. The summed E-state index contributed by atoms with van der Waals surface area (Å²) in [5.41, 5.74) is 1.12. The predicted octanol–water partition coefficient (Wildman–Crippen LogP) is 2.34. The van der Waals surface area contributed by atoms with Crippen LogP contribution < -0.4 is 5.32 Å². The Labute approximate surface area is 175 Å². The topological polar surface area (TPSA) is 60.3 Å². The standard InChI is InChI=1S/C23H38N4O2/c1-2-24-23(25-15-22(28)19-29-18-20-9-5-3-6-10-20)27-14-11-21(17-27)16-26-12-7-4-8-13-26/h3,5-6,9-10,21-22,28H,2,4,7-8,11-19H2,1H3,(H,24,25). The van der Waals surface area contributed by atoms with Crippen molar-refractivity contribution < 1.29 is 9.84 Å². The molecule has 6 heteroatoms. The Morgan fingerprint density at radius 1 is 1.21 bits per heavy atom. The van der Waals surface area contributed by atoms with Gasteiger partial charge in [0.1, 0.15) is 0 Å². The minimum absolute atomic E-state index is 0.301. The fourth-order valence-electron chi connectivity index (χ4n) is 4.24. The number of nitrogens with zero attached hydrogens (tertiary/aromatic N) is 3. The Bertz CT molecular complexity index is 604. The van der Waals surface area contributed by atoms with Crippen LogP contribution in [0.2, 0.25) is 0 Å². The van der Waals surface area contributed by atoms with Gasteiger partial charge in [-0.2, -0.15) is 0 Å². The highest BCUT2D eigenvalue weighted by Gasteiger charge is 2.27. The maximum Gasteiger partial charge on any atom is 0.194 e. The van der Waals surface area contributed by atoms with Gasteiger partial charge in [0.2, 0.25) is 0 Å². The molecule has 0 amide bonds. The molecule has 2 saturated heterocycles. The van der Waals surface area contributed by atoms with E-state index in [1.54, 1.807) is 0 Å². The van der Waals surface area contributed by atoms with Gasteiger partial charge in [-0.05, 0) is 50.8 Å². The van der Waals surface area contributed by atoms with Gasteiger partial charge in [0.25, 0.3) is 0 Å². The summed E-state index contributed by atoms with van der Waals surface area (Å²) in [7, 11) is 0. The van der Waals surface area contributed by atoms with E-state index in [1.165, 1.54) is 45.3 Å². The maximum absolute atomic E-state index is 10.3. The highest BCUT2D eigenvalue weighted by Crippen LogP contribution is 2.20. The number of guanidine groups is 1. The molecule has 2 aliphatic rings. The van der Waals surface area contributed by atoms with E-state index in [4.69, 9.17) is 9.73 Å². The molecule has 2 fully saturated rings. The molecule has 1 aromatic carbocycles. The number of piperidine rings is 1. The lowest BCUT2D eigenvalue weighted by Crippen LogP contribution is -2.41. The molecule has 1 aromatic rings. The fraction of sp³-hybridized carbons (Fsp3) is 0.696. The first-order valence-electron chi connectivity index (χ1n) is 11.3. The Morgan fingerprint density at radius 3 is 2.76 bits per heavy atom. The summed E-state index contributed by atoms with van der Waals surface area (Å²) in [6.45, 7) is 9.97. The smallest absolute Gasteiger partial charge is 0.194 e. The molecule has 2 aliphatic heterocycles. The molecule has 0 spiro atoms.